The number of rotatable bonds is 9. The largest absolute Gasteiger partial charge is 0.465 e. The second kappa shape index (κ2) is 12.3. The van der Waals surface area contributed by atoms with Gasteiger partial charge in [0.05, 0.1) is 24.5 Å². The Morgan fingerprint density at radius 1 is 1.11 bits per heavy atom. The zero-order valence-corrected chi connectivity index (χ0v) is 22.5. The molecule has 7 nitrogen and oxygen atoms in total. The monoisotopic (exact) mass is 498 g/mol. The molecule has 0 spiro atoms. The molecule has 1 saturated heterocycles. The molecule has 198 valence electrons. The Labute approximate surface area is 215 Å². The van der Waals surface area contributed by atoms with E-state index in [2.05, 4.69) is 58.6 Å². The highest BCUT2D eigenvalue weighted by molar-refractivity contribution is 5.78. The fourth-order valence-electron chi connectivity index (χ4n) is 5.52. The van der Waals surface area contributed by atoms with Crippen LogP contribution in [0, 0.1) is 17.3 Å². The standard InChI is InChI=1S/C29H43N3O4/c1-29(2,3)24-7-9-25(10-8-24)36-28-30-19-23-18-21(6-11-26(23)31-28)20-32-14-12-22(13-15-32)27(33)35-17-5-16-34-4/h6,11,18-19,22,24-25H,5,7-10,12-17,20H2,1-4H3/p+1. The number of hydrogen-bond acceptors (Lipinski definition) is 6. The highest BCUT2D eigenvalue weighted by atomic mass is 16.5. The van der Waals surface area contributed by atoms with Crippen LogP contribution in [0.2, 0.25) is 0 Å². The molecule has 0 atom stereocenters. The molecule has 0 unspecified atom stereocenters. The van der Waals surface area contributed by atoms with E-state index in [-0.39, 0.29) is 18.0 Å². The van der Waals surface area contributed by atoms with E-state index in [4.69, 9.17) is 9.47 Å². The summed E-state index contributed by atoms with van der Waals surface area (Å²) in [5.74, 6) is 0.737. The Bertz CT molecular complexity index is 990. The number of likely N-dealkylation sites (tertiary alicyclic amines) is 1. The number of nitrogens with zero attached hydrogens (tertiary/aromatic N) is 3. The fourth-order valence-corrected chi connectivity index (χ4v) is 5.52. The van der Waals surface area contributed by atoms with Gasteiger partial charge in [0.15, 0.2) is 0 Å². The van der Waals surface area contributed by atoms with Crippen LogP contribution < -0.4 is 4.74 Å². The average Bonchev–Trinajstić information content (AvgIpc) is 2.87. The van der Waals surface area contributed by atoms with Crippen molar-refractivity contribution in [1.82, 2.24) is 14.9 Å². The second-order valence-electron chi connectivity index (χ2n) is 11.6. The topological polar surface area (TPSA) is 77.4 Å². The minimum atomic E-state index is -0.0473. The Hall–Kier alpha value is -2.25. The molecule has 36 heavy (non-hydrogen) atoms. The van der Waals surface area contributed by atoms with Crippen LogP contribution in [-0.4, -0.2) is 65.1 Å². The van der Waals surface area contributed by atoms with Crippen LogP contribution in [0.5, 0.6) is 6.01 Å². The molecule has 1 N–H and O–H groups in total. The van der Waals surface area contributed by atoms with Gasteiger partial charge in [0.1, 0.15) is 19.8 Å². The summed E-state index contributed by atoms with van der Waals surface area (Å²) in [6.45, 7) is 10.9. The van der Waals surface area contributed by atoms with Gasteiger partial charge in [0.25, 0.3) is 0 Å². The third kappa shape index (κ3) is 7.39. The predicted octanol–water partition coefficient (Wildman–Crippen LogP) is 4.92. The Morgan fingerprint density at radius 2 is 1.86 bits per heavy atom. The lowest BCUT2D eigenvalue weighted by Gasteiger charge is -2.36. The first-order valence-electron chi connectivity index (χ1n) is 13.7. The number of ether oxygens (including phenoxy) is 3. The minimum absolute atomic E-state index is 0.0201. The third-order valence-corrected chi connectivity index (χ3v) is 7.89. The summed E-state index contributed by atoms with van der Waals surface area (Å²) in [4.78, 5) is 23.9. The Morgan fingerprint density at radius 3 is 2.56 bits per heavy atom. The SMILES string of the molecule is C[OH+]CCCOC(=O)C1CCN(Cc2ccc3nc(OC4CCC(C(C)(C)C)CC4)ncc3c2)CC1. The molecule has 0 amide bonds. The maximum atomic E-state index is 12.3. The molecule has 0 bridgehead atoms. The van der Waals surface area contributed by atoms with E-state index in [0.717, 1.165) is 75.2 Å². The van der Waals surface area contributed by atoms with E-state index in [1.165, 1.54) is 18.4 Å². The molecule has 1 aromatic heterocycles. The Kier molecular flexibility index (Phi) is 9.18. The van der Waals surface area contributed by atoms with Gasteiger partial charge in [0.2, 0.25) is 0 Å². The van der Waals surface area contributed by atoms with Gasteiger partial charge >= 0.3 is 12.0 Å². The van der Waals surface area contributed by atoms with Crippen LogP contribution >= 0.6 is 0 Å². The highest BCUT2D eigenvalue weighted by Gasteiger charge is 2.31. The van der Waals surface area contributed by atoms with E-state index in [1.807, 2.05) is 6.20 Å². The molecule has 1 aromatic carbocycles. The zero-order valence-electron chi connectivity index (χ0n) is 22.5. The fraction of sp³-hybridized carbons (Fsp3) is 0.690. The summed E-state index contributed by atoms with van der Waals surface area (Å²) in [7, 11) is 1.78. The number of aromatic nitrogens is 2. The molecule has 0 radical (unpaired) electrons. The summed E-state index contributed by atoms with van der Waals surface area (Å²) in [6.07, 6.45) is 9.18. The summed E-state index contributed by atoms with van der Waals surface area (Å²) in [6, 6.07) is 6.88. The van der Waals surface area contributed by atoms with Gasteiger partial charge in [-0.2, -0.15) is 4.98 Å². The van der Waals surface area contributed by atoms with Crippen molar-refractivity contribution in [2.75, 3.05) is 33.4 Å². The van der Waals surface area contributed by atoms with Crippen LogP contribution in [0.15, 0.2) is 24.4 Å². The third-order valence-electron chi connectivity index (χ3n) is 7.89. The number of carbonyl (C=O) groups excluding carboxylic acids is 1. The maximum absolute atomic E-state index is 12.3. The molecule has 4 rings (SSSR count). The van der Waals surface area contributed by atoms with Gasteiger partial charge in [-0.25, -0.2) is 4.98 Å². The predicted molar refractivity (Wildman–Crippen MR) is 142 cm³/mol. The van der Waals surface area contributed by atoms with E-state index >= 15 is 0 Å². The second-order valence-corrected chi connectivity index (χ2v) is 11.6. The Balaban J connectivity index is 1.25. The smallest absolute Gasteiger partial charge is 0.317 e. The minimum Gasteiger partial charge on any atom is -0.465 e. The zero-order chi connectivity index (χ0) is 25.5. The van der Waals surface area contributed by atoms with Gasteiger partial charge in [-0.05, 0) is 80.6 Å². The highest BCUT2D eigenvalue weighted by Crippen LogP contribution is 2.38. The van der Waals surface area contributed by atoms with Crippen molar-refractivity contribution >= 4 is 16.9 Å². The van der Waals surface area contributed by atoms with Gasteiger partial charge in [-0.1, -0.05) is 26.8 Å². The molecule has 1 aliphatic heterocycles. The molecule has 7 heteroatoms. The molecule has 2 aromatic rings. The number of aliphatic hydroxyl groups is 2. The molecule has 2 aliphatic rings. The quantitative estimate of drug-likeness (QED) is 0.278. The lowest BCUT2D eigenvalue weighted by Crippen LogP contribution is -2.36. The van der Waals surface area contributed by atoms with Crippen molar-refractivity contribution < 1.29 is 19.0 Å². The summed E-state index contributed by atoms with van der Waals surface area (Å²) < 4.78 is 15.6. The van der Waals surface area contributed by atoms with Gasteiger partial charge in [-0.15, -0.1) is 0 Å². The first kappa shape index (κ1) is 26.8. The number of fused-ring (bicyclic) bond motifs is 1. The van der Waals surface area contributed by atoms with Crippen LogP contribution in [0.1, 0.15) is 71.3 Å². The van der Waals surface area contributed by atoms with E-state index < -0.39 is 0 Å². The lowest BCUT2D eigenvalue weighted by molar-refractivity contribution is -0.151. The summed E-state index contributed by atoms with van der Waals surface area (Å²) >= 11 is 0. The van der Waals surface area contributed by atoms with Crippen LogP contribution in [0.3, 0.4) is 0 Å². The first-order chi connectivity index (χ1) is 17.3. The summed E-state index contributed by atoms with van der Waals surface area (Å²) in [5, 5.41) is 1.04. The van der Waals surface area contributed by atoms with Crippen molar-refractivity contribution in [3.05, 3.63) is 30.0 Å². The van der Waals surface area contributed by atoms with Crippen LogP contribution in [0.4, 0.5) is 0 Å². The van der Waals surface area contributed by atoms with E-state index in [9.17, 15) is 4.79 Å². The lowest BCUT2D eigenvalue weighted by atomic mass is 9.72. The van der Waals surface area contributed by atoms with E-state index in [0.29, 0.717) is 18.0 Å². The molecule has 2 fully saturated rings. The molecule has 2 heterocycles. The number of esters is 1. The number of carbonyl (C=O) groups is 1. The number of benzene rings is 1. The van der Waals surface area contributed by atoms with E-state index in [1.54, 1.807) is 7.11 Å². The first-order valence-corrected chi connectivity index (χ1v) is 13.7. The van der Waals surface area contributed by atoms with Crippen LogP contribution in [-0.2, 0) is 16.1 Å². The average molecular weight is 499 g/mol. The van der Waals surface area contributed by atoms with Crippen molar-refractivity contribution in [1.29, 1.82) is 0 Å². The van der Waals surface area contributed by atoms with Gasteiger partial charge < -0.3 is 14.2 Å². The molecular weight excluding hydrogens is 454 g/mol. The summed E-state index contributed by atoms with van der Waals surface area (Å²) in [5.41, 5.74) is 2.53. The van der Waals surface area contributed by atoms with Crippen molar-refractivity contribution in [2.45, 2.75) is 78.4 Å². The molecular formula is C29H44N3O4+. The van der Waals surface area contributed by atoms with Crippen LogP contribution in [0.25, 0.3) is 10.9 Å². The normalized spacial score (nSPS) is 22.0. The van der Waals surface area contributed by atoms with Crippen molar-refractivity contribution in [3.63, 3.8) is 0 Å². The van der Waals surface area contributed by atoms with Gasteiger partial charge in [0, 0.05) is 18.1 Å². The maximum Gasteiger partial charge on any atom is 0.317 e. The number of hydrogen-bond donors (Lipinski definition) is 0. The molecule has 1 saturated carbocycles. The molecule has 1 aliphatic carbocycles. The van der Waals surface area contributed by atoms with Crippen molar-refractivity contribution in [3.8, 4) is 6.01 Å². The van der Waals surface area contributed by atoms with Gasteiger partial charge in [-0.3, -0.25) is 9.69 Å². The van der Waals surface area contributed by atoms with Crippen molar-refractivity contribution in [2.24, 2.45) is 17.3 Å². The number of piperidine rings is 1.